The molecule has 3 amide bonds. The summed E-state index contributed by atoms with van der Waals surface area (Å²) in [6.45, 7) is 1.42. The third-order valence-corrected chi connectivity index (χ3v) is 4.41. The maximum absolute atomic E-state index is 12.3. The van der Waals surface area contributed by atoms with Crippen molar-refractivity contribution in [3.8, 4) is 0 Å². The highest BCUT2D eigenvalue weighted by Gasteiger charge is 2.33. The summed E-state index contributed by atoms with van der Waals surface area (Å²) in [6, 6.07) is 9.67. The van der Waals surface area contributed by atoms with Gasteiger partial charge in [0.25, 0.3) is 0 Å². The number of H-pyrrole nitrogens is 1. The van der Waals surface area contributed by atoms with Crippen LogP contribution in [0.2, 0.25) is 0 Å². The molecule has 0 unspecified atom stereocenters. The summed E-state index contributed by atoms with van der Waals surface area (Å²) in [4.78, 5) is 25.9. The van der Waals surface area contributed by atoms with Crippen molar-refractivity contribution in [2.45, 2.75) is 32.5 Å². The molecule has 124 valence electrons. The number of nitrogens with zero attached hydrogens (tertiary/aromatic N) is 2. The van der Waals surface area contributed by atoms with Gasteiger partial charge in [-0.1, -0.05) is 30.3 Å². The van der Waals surface area contributed by atoms with Crippen LogP contribution in [0, 0.1) is 5.92 Å². The number of benzene rings is 1. The Balaban J connectivity index is 1.35. The third kappa shape index (κ3) is 2.97. The van der Waals surface area contributed by atoms with Crippen LogP contribution in [0.5, 0.6) is 0 Å². The van der Waals surface area contributed by atoms with Crippen LogP contribution < -0.4 is 10.6 Å². The molecule has 1 aliphatic carbocycles. The summed E-state index contributed by atoms with van der Waals surface area (Å²) >= 11 is 0. The van der Waals surface area contributed by atoms with Crippen molar-refractivity contribution in [1.82, 2.24) is 20.4 Å². The van der Waals surface area contributed by atoms with Crippen LogP contribution in [-0.2, 0) is 24.4 Å². The van der Waals surface area contributed by atoms with Crippen LogP contribution in [0.3, 0.4) is 0 Å². The maximum atomic E-state index is 12.3. The second-order valence-corrected chi connectivity index (χ2v) is 6.29. The lowest BCUT2D eigenvalue weighted by Crippen LogP contribution is -2.36. The standard InChI is InChI=1S/C17H19N5O2/c23-16(12-6-7-12)19-15-13-9-22(10-14(13)20-21-15)17(24)18-8-11-4-2-1-3-5-11/h1-5,12H,6-10H2,(H,18,24)(H2,19,20,21,23). The number of hydrogen-bond donors (Lipinski definition) is 3. The smallest absolute Gasteiger partial charge is 0.318 e. The quantitative estimate of drug-likeness (QED) is 0.803. The molecule has 0 radical (unpaired) electrons. The number of rotatable bonds is 4. The largest absolute Gasteiger partial charge is 0.334 e. The average molecular weight is 325 g/mol. The monoisotopic (exact) mass is 325 g/mol. The van der Waals surface area contributed by atoms with E-state index in [1.54, 1.807) is 4.90 Å². The van der Waals surface area contributed by atoms with Gasteiger partial charge in [0, 0.05) is 18.0 Å². The van der Waals surface area contributed by atoms with E-state index < -0.39 is 0 Å². The molecule has 2 aliphatic rings. The van der Waals surface area contributed by atoms with Gasteiger partial charge in [-0.25, -0.2) is 4.79 Å². The molecule has 1 fully saturated rings. The van der Waals surface area contributed by atoms with E-state index in [4.69, 9.17) is 0 Å². The van der Waals surface area contributed by atoms with Crippen molar-refractivity contribution in [2.24, 2.45) is 5.92 Å². The van der Waals surface area contributed by atoms with E-state index in [0.717, 1.165) is 29.7 Å². The van der Waals surface area contributed by atoms with Gasteiger partial charge in [-0.15, -0.1) is 0 Å². The van der Waals surface area contributed by atoms with Gasteiger partial charge in [-0.3, -0.25) is 9.89 Å². The van der Waals surface area contributed by atoms with Crippen LogP contribution in [0.15, 0.2) is 30.3 Å². The zero-order valence-electron chi connectivity index (χ0n) is 13.2. The van der Waals surface area contributed by atoms with E-state index in [1.165, 1.54) is 0 Å². The third-order valence-electron chi connectivity index (χ3n) is 4.41. The Morgan fingerprint density at radius 1 is 1.21 bits per heavy atom. The number of hydrogen-bond acceptors (Lipinski definition) is 3. The maximum Gasteiger partial charge on any atom is 0.318 e. The lowest BCUT2D eigenvalue weighted by atomic mass is 10.2. The molecular weight excluding hydrogens is 306 g/mol. The highest BCUT2D eigenvalue weighted by Crippen LogP contribution is 2.32. The predicted molar refractivity (Wildman–Crippen MR) is 87.9 cm³/mol. The first-order valence-electron chi connectivity index (χ1n) is 8.14. The van der Waals surface area contributed by atoms with E-state index in [0.29, 0.717) is 25.5 Å². The first-order valence-corrected chi connectivity index (χ1v) is 8.14. The second-order valence-electron chi connectivity index (χ2n) is 6.29. The molecule has 7 nitrogen and oxygen atoms in total. The topological polar surface area (TPSA) is 90.1 Å². The number of amides is 3. The highest BCUT2D eigenvalue weighted by atomic mass is 16.2. The van der Waals surface area contributed by atoms with Crippen molar-refractivity contribution < 1.29 is 9.59 Å². The molecule has 1 aromatic heterocycles. The molecule has 2 heterocycles. The second kappa shape index (κ2) is 5.99. The Morgan fingerprint density at radius 3 is 2.75 bits per heavy atom. The van der Waals surface area contributed by atoms with Gasteiger partial charge in [-0.05, 0) is 18.4 Å². The first-order chi connectivity index (χ1) is 11.7. The zero-order valence-corrected chi connectivity index (χ0v) is 13.2. The van der Waals surface area contributed by atoms with Gasteiger partial charge < -0.3 is 15.5 Å². The normalized spacial score (nSPS) is 15.9. The van der Waals surface area contributed by atoms with E-state index >= 15 is 0 Å². The Bertz CT molecular complexity index is 767. The van der Waals surface area contributed by atoms with Gasteiger partial charge in [0.2, 0.25) is 5.91 Å². The summed E-state index contributed by atoms with van der Waals surface area (Å²) in [5, 5.41) is 12.9. The molecule has 3 N–H and O–H groups in total. The molecular formula is C17H19N5O2. The molecule has 24 heavy (non-hydrogen) atoms. The molecule has 0 saturated heterocycles. The number of carbonyl (C=O) groups is 2. The molecule has 0 spiro atoms. The van der Waals surface area contributed by atoms with Gasteiger partial charge in [0.15, 0.2) is 5.82 Å². The predicted octanol–water partition coefficient (Wildman–Crippen LogP) is 1.98. The summed E-state index contributed by atoms with van der Waals surface area (Å²) in [5.74, 6) is 0.709. The fourth-order valence-electron chi connectivity index (χ4n) is 2.84. The lowest BCUT2D eigenvalue weighted by Gasteiger charge is -2.16. The minimum atomic E-state index is -0.122. The van der Waals surface area contributed by atoms with Crippen LogP contribution >= 0.6 is 0 Å². The molecule has 0 atom stereocenters. The van der Waals surface area contributed by atoms with Crippen molar-refractivity contribution in [3.05, 3.63) is 47.2 Å². The van der Waals surface area contributed by atoms with E-state index in [1.807, 2.05) is 30.3 Å². The number of aromatic nitrogens is 2. The fourth-order valence-corrected chi connectivity index (χ4v) is 2.84. The summed E-state index contributed by atoms with van der Waals surface area (Å²) in [5.41, 5.74) is 2.84. The van der Waals surface area contributed by atoms with Gasteiger partial charge >= 0.3 is 6.03 Å². The molecule has 0 bridgehead atoms. The van der Waals surface area contributed by atoms with Crippen molar-refractivity contribution >= 4 is 17.8 Å². The molecule has 2 aromatic rings. The highest BCUT2D eigenvalue weighted by molar-refractivity contribution is 5.94. The van der Waals surface area contributed by atoms with E-state index in [-0.39, 0.29) is 17.9 Å². The number of fused-ring (bicyclic) bond motifs is 1. The number of aromatic amines is 1. The molecule has 1 saturated carbocycles. The Kier molecular flexibility index (Phi) is 3.68. The van der Waals surface area contributed by atoms with Crippen LogP contribution in [0.1, 0.15) is 29.7 Å². The number of carbonyl (C=O) groups excluding carboxylic acids is 2. The van der Waals surface area contributed by atoms with Gasteiger partial charge in [-0.2, -0.15) is 5.10 Å². The zero-order chi connectivity index (χ0) is 16.5. The summed E-state index contributed by atoms with van der Waals surface area (Å²) in [6.07, 6.45) is 1.90. The van der Waals surface area contributed by atoms with Crippen molar-refractivity contribution in [3.63, 3.8) is 0 Å². The average Bonchev–Trinajstić information content (AvgIpc) is 3.27. The van der Waals surface area contributed by atoms with Crippen molar-refractivity contribution in [1.29, 1.82) is 0 Å². The Hall–Kier alpha value is -2.83. The minimum Gasteiger partial charge on any atom is -0.334 e. The number of nitrogens with one attached hydrogen (secondary N) is 3. The molecule has 1 aliphatic heterocycles. The van der Waals surface area contributed by atoms with Crippen LogP contribution in [-0.4, -0.2) is 27.0 Å². The number of urea groups is 1. The van der Waals surface area contributed by atoms with Crippen LogP contribution in [0.4, 0.5) is 10.6 Å². The van der Waals surface area contributed by atoms with Crippen molar-refractivity contribution in [2.75, 3.05) is 5.32 Å². The van der Waals surface area contributed by atoms with Gasteiger partial charge in [0.1, 0.15) is 0 Å². The fraction of sp³-hybridized carbons (Fsp3) is 0.353. The molecule has 7 heteroatoms. The summed E-state index contributed by atoms with van der Waals surface area (Å²) < 4.78 is 0. The van der Waals surface area contributed by atoms with Crippen LogP contribution in [0.25, 0.3) is 0 Å². The summed E-state index contributed by atoms with van der Waals surface area (Å²) in [7, 11) is 0. The van der Waals surface area contributed by atoms with E-state index in [9.17, 15) is 9.59 Å². The minimum absolute atomic E-state index is 0.0243. The Morgan fingerprint density at radius 2 is 2.00 bits per heavy atom. The molecule has 4 rings (SSSR count). The van der Waals surface area contributed by atoms with E-state index in [2.05, 4.69) is 20.8 Å². The van der Waals surface area contributed by atoms with Gasteiger partial charge in [0.05, 0.1) is 18.8 Å². The number of anilines is 1. The lowest BCUT2D eigenvalue weighted by molar-refractivity contribution is -0.117. The first kappa shape index (κ1) is 14.7. The molecule has 1 aromatic carbocycles. The Labute approximate surface area is 139 Å². The SMILES string of the molecule is O=C(Nc1n[nH]c2c1CN(C(=O)NCc1ccccc1)C2)C1CC1.